The van der Waals surface area contributed by atoms with Crippen LogP contribution in [-0.2, 0) is 11.3 Å². The van der Waals surface area contributed by atoms with Gasteiger partial charge in [0.2, 0.25) is 5.43 Å². The number of nitrogens with zero attached hydrogens (tertiary/aromatic N) is 3. The molecule has 1 aliphatic rings. The Morgan fingerprint density at radius 2 is 1.90 bits per heavy atom. The summed E-state index contributed by atoms with van der Waals surface area (Å²) < 4.78 is 1.78. The number of aryl methyl sites for hydroxylation is 2. The van der Waals surface area contributed by atoms with Crippen molar-refractivity contribution in [1.82, 2.24) is 20.3 Å². The summed E-state index contributed by atoms with van der Waals surface area (Å²) in [6.45, 7) is 8.02. The molecule has 1 fully saturated rings. The SMILES string of the molecule is CCn1cc(C(=O)NC(C(=O)NN=C2CCCCC2)C(C)C)c(=O)c2ccc(C)nc21. The molecule has 2 aromatic rings. The van der Waals surface area contributed by atoms with Gasteiger partial charge in [-0.2, -0.15) is 5.10 Å². The van der Waals surface area contributed by atoms with E-state index in [1.807, 2.05) is 27.7 Å². The molecular formula is C23H31N5O3. The maximum Gasteiger partial charge on any atom is 0.262 e. The van der Waals surface area contributed by atoms with E-state index in [1.165, 1.54) is 12.6 Å². The van der Waals surface area contributed by atoms with Crippen molar-refractivity contribution in [3.63, 3.8) is 0 Å². The van der Waals surface area contributed by atoms with Gasteiger partial charge in [-0.05, 0) is 57.6 Å². The van der Waals surface area contributed by atoms with Crippen molar-refractivity contribution in [2.75, 3.05) is 0 Å². The summed E-state index contributed by atoms with van der Waals surface area (Å²) in [5, 5.41) is 7.37. The summed E-state index contributed by atoms with van der Waals surface area (Å²) >= 11 is 0. The number of aromatic nitrogens is 2. The molecule has 166 valence electrons. The number of amides is 2. The molecule has 1 saturated carbocycles. The van der Waals surface area contributed by atoms with E-state index in [0.717, 1.165) is 37.1 Å². The number of fused-ring (bicyclic) bond motifs is 1. The largest absolute Gasteiger partial charge is 0.340 e. The Balaban J connectivity index is 1.84. The second kappa shape index (κ2) is 9.85. The molecule has 1 unspecified atom stereocenters. The summed E-state index contributed by atoms with van der Waals surface area (Å²) in [7, 11) is 0. The van der Waals surface area contributed by atoms with Gasteiger partial charge in [-0.3, -0.25) is 14.4 Å². The lowest BCUT2D eigenvalue weighted by atomic mass is 9.99. The average Bonchev–Trinajstić information content (AvgIpc) is 2.76. The Labute approximate surface area is 182 Å². The lowest BCUT2D eigenvalue weighted by Crippen LogP contribution is -2.49. The van der Waals surface area contributed by atoms with Gasteiger partial charge in [0.25, 0.3) is 11.8 Å². The van der Waals surface area contributed by atoms with E-state index in [9.17, 15) is 14.4 Å². The quantitative estimate of drug-likeness (QED) is 0.694. The molecule has 2 N–H and O–H groups in total. The number of carbonyl (C=O) groups is 2. The number of hydrogen-bond donors (Lipinski definition) is 2. The van der Waals surface area contributed by atoms with Crippen LogP contribution in [0.3, 0.4) is 0 Å². The summed E-state index contributed by atoms with van der Waals surface area (Å²) in [4.78, 5) is 43.1. The Morgan fingerprint density at radius 3 is 2.55 bits per heavy atom. The Hall–Kier alpha value is -3.03. The van der Waals surface area contributed by atoms with Crippen molar-refractivity contribution in [3.8, 4) is 0 Å². The van der Waals surface area contributed by atoms with Crippen molar-refractivity contribution in [2.45, 2.75) is 72.4 Å². The van der Waals surface area contributed by atoms with Gasteiger partial charge >= 0.3 is 0 Å². The molecule has 3 rings (SSSR count). The van der Waals surface area contributed by atoms with Gasteiger partial charge in [0.05, 0.1) is 5.39 Å². The normalized spacial score (nSPS) is 15.1. The van der Waals surface area contributed by atoms with E-state index in [-0.39, 0.29) is 17.4 Å². The number of hydrogen-bond acceptors (Lipinski definition) is 5. The zero-order chi connectivity index (χ0) is 22.5. The predicted molar refractivity (Wildman–Crippen MR) is 121 cm³/mol. The fourth-order valence-corrected chi connectivity index (χ4v) is 3.79. The average molecular weight is 426 g/mol. The van der Waals surface area contributed by atoms with Crippen molar-refractivity contribution in [1.29, 1.82) is 0 Å². The van der Waals surface area contributed by atoms with Crippen LogP contribution in [0.4, 0.5) is 0 Å². The molecule has 0 bridgehead atoms. The van der Waals surface area contributed by atoms with Crippen LogP contribution in [0, 0.1) is 12.8 Å². The second-order valence-corrected chi connectivity index (χ2v) is 8.39. The lowest BCUT2D eigenvalue weighted by Gasteiger charge is -2.21. The van der Waals surface area contributed by atoms with Gasteiger partial charge in [0, 0.05) is 24.1 Å². The molecule has 31 heavy (non-hydrogen) atoms. The Kier molecular flexibility index (Phi) is 7.20. The molecule has 0 saturated heterocycles. The highest BCUT2D eigenvalue weighted by molar-refractivity contribution is 5.99. The molecule has 0 radical (unpaired) electrons. The number of rotatable bonds is 6. The zero-order valence-corrected chi connectivity index (χ0v) is 18.7. The fourth-order valence-electron chi connectivity index (χ4n) is 3.79. The first kappa shape index (κ1) is 22.7. The van der Waals surface area contributed by atoms with Gasteiger partial charge in [0.15, 0.2) is 0 Å². The molecule has 2 amide bonds. The second-order valence-electron chi connectivity index (χ2n) is 8.39. The van der Waals surface area contributed by atoms with Crippen LogP contribution in [0.1, 0.15) is 68.9 Å². The molecule has 1 atom stereocenters. The topological polar surface area (TPSA) is 105 Å². The minimum atomic E-state index is -0.804. The highest BCUT2D eigenvalue weighted by Gasteiger charge is 2.26. The molecule has 2 aromatic heterocycles. The molecule has 8 heteroatoms. The van der Waals surface area contributed by atoms with Crippen LogP contribution < -0.4 is 16.2 Å². The van der Waals surface area contributed by atoms with Crippen LogP contribution in [0.25, 0.3) is 11.0 Å². The van der Waals surface area contributed by atoms with Gasteiger partial charge in [-0.25, -0.2) is 10.4 Å². The van der Waals surface area contributed by atoms with Crippen LogP contribution in [0.5, 0.6) is 0 Å². The van der Waals surface area contributed by atoms with Crippen molar-refractivity contribution < 1.29 is 9.59 Å². The molecular weight excluding hydrogens is 394 g/mol. The smallest absolute Gasteiger partial charge is 0.262 e. The number of pyridine rings is 2. The first-order valence-electron chi connectivity index (χ1n) is 11.0. The predicted octanol–water partition coefficient (Wildman–Crippen LogP) is 2.92. The minimum Gasteiger partial charge on any atom is -0.340 e. The molecule has 8 nitrogen and oxygen atoms in total. The number of hydrazone groups is 1. The Bertz CT molecular complexity index is 1060. The third kappa shape index (κ3) is 5.18. The summed E-state index contributed by atoms with van der Waals surface area (Å²) in [6, 6.07) is 2.64. The standard InChI is InChI=1S/C23H31N5O3/c1-5-28-13-18(20(29)17-12-11-15(4)24-21(17)28)22(30)25-19(14(2)3)23(31)27-26-16-9-7-6-8-10-16/h11-14,19H,5-10H2,1-4H3,(H,25,30)(H,27,31). The molecule has 0 aromatic carbocycles. The molecule has 0 aliphatic heterocycles. The first-order valence-corrected chi connectivity index (χ1v) is 11.0. The minimum absolute atomic E-state index is 0.00273. The number of nitrogens with one attached hydrogen (secondary N) is 2. The van der Waals surface area contributed by atoms with E-state index in [4.69, 9.17) is 0 Å². The highest BCUT2D eigenvalue weighted by atomic mass is 16.2. The first-order chi connectivity index (χ1) is 14.8. The van der Waals surface area contributed by atoms with Crippen molar-refractivity contribution in [3.05, 3.63) is 39.8 Å². The highest BCUT2D eigenvalue weighted by Crippen LogP contribution is 2.15. The van der Waals surface area contributed by atoms with E-state index >= 15 is 0 Å². The fraction of sp³-hybridized carbons (Fsp3) is 0.522. The summed E-state index contributed by atoms with van der Waals surface area (Å²) in [5.74, 6) is -1.13. The van der Waals surface area contributed by atoms with Gasteiger partial charge in [-0.1, -0.05) is 20.3 Å². The molecule has 0 spiro atoms. The molecule has 1 aliphatic carbocycles. The maximum atomic E-state index is 13.0. The third-order valence-corrected chi connectivity index (χ3v) is 5.64. The van der Waals surface area contributed by atoms with Gasteiger partial charge < -0.3 is 9.88 Å². The van der Waals surface area contributed by atoms with Gasteiger partial charge in [-0.15, -0.1) is 0 Å². The van der Waals surface area contributed by atoms with Gasteiger partial charge in [0.1, 0.15) is 17.3 Å². The Morgan fingerprint density at radius 1 is 1.19 bits per heavy atom. The van der Waals surface area contributed by atoms with Crippen molar-refractivity contribution in [2.24, 2.45) is 11.0 Å². The van der Waals surface area contributed by atoms with E-state index in [1.54, 1.807) is 16.7 Å². The van der Waals surface area contributed by atoms with Crippen LogP contribution in [0.15, 0.2) is 28.2 Å². The van der Waals surface area contributed by atoms with Crippen molar-refractivity contribution >= 4 is 28.6 Å². The van der Waals surface area contributed by atoms with Crippen LogP contribution in [-0.4, -0.2) is 33.1 Å². The van der Waals surface area contributed by atoms with Crippen LogP contribution in [0.2, 0.25) is 0 Å². The molecule has 2 heterocycles. The van der Waals surface area contributed by atoms with E-state index in [0.29, 0.717) is 17.6 Å². The summed E-state index contributed by atoms with van der Waals surface area (Å²) in [5.41, 5.74) is 4.53. The zero-order valence-electron chi connectivity index (χ0n) is 18.7. The maximum absolute atomic E-state index is 13.0. The monoisotopic (exact) mass is 425 g/mol. The lowest BCUT2D eigenvalue weighted by molar-refractivity contribution is -0.123. The van der Waals surface area contributed by atoms with E-state index in [2.05, 4.69) is 20.8 Å². The third-order valence-electron chi connectivity index (χ3n) is 5.64. The summed E-state index contributed by atoms with van der Waals surface area (Å²) in [6.07, 6.45) is 6.65. The van der Waals surface area contributed by atoms with Crippen LogP contribution >= 0.6 is 0 Å². The van der Waals surface area contributed by atoms with E-state index < -0.39 is 17.4 Å². The number of carbonyl (C=O) groups excluding carboxylic acids is 2.